The van der Waals surface area contributed by atoms with Crippen LogP contribution < -0.4 is 4.74 Å². The summed E-state index contributed by atoms with van der Waals surface area (Å²) in [7, 11) is 0. The highest BCUT2D eigenvalue weighted by atomic mass is 16.6. The van der Waals surface area contributed by atoms with E-state index in [0.29, 0.717) is 13.1 Å². The average Bonchev–Trinajstić information content (AvgIpc) is 2.78. The minimum atomic E-state index is -0.470. The summed E-state index contributed by atoms with van der Waals surface area (Å²) in [5, 5.41) is 2.42. The molecule has 1 aromatic heterocycles. The molecule has 1 saturated heterocycles. The van der Waals surface area contributed by atoms with E-state index in [1.54, 1.807) is 0 Å². The molecule has 5 heteroatoms. The van der Waals surface area contributed by atoms with Gasteiger partial charge in [-0.05, 0) is 99.4 Å². The molecular formula is C29H34N2O3. The van der Waals surface area contributed by atoms with Gasteiger partial charge in [0.05, 0.1) is 0 Å². The summed E-state index contributed by atoms with van der Waals surface area (Å²) in [6.07, 6.45) is 5.30. The number of carbonyl (C=O) groups excluding carboxylic acids is 1. The number of pyridine rings is 1. The smallest absolute Gasteiger partial charge is 0.410 e. The van der Waals surface area contributed by atoms with Gasteiger partial charge in [0.25, 0.3) is 0 Å². The van der Waals surface area contributed by atoms with E-state index in [4.69, 9.17) is 9.47 Å². The molecule has 2 aliphatic rings. The predicted molar refractivity (Wildman–Crippen MR) is 135 cm³/mol. The van der Waals surface area contributed by atoms with Crippen LogP contribution in [0.25, 0.3) is 21.9 Å². The van der Waals surface area contributed by atoms with Crippen molar-refractivity contribution in [1.29, 1.82) is 0 Å². The molecule has 1 spiro atoms. The second kappa shape index (κ2) is 8.30. The summed E-state index contributed by atoms with van der Waals surface area (Å²) in [5.41, 5.74) is 5.37. The van der Waals surface area contributed by atoms with Gasteiger partial charge in [-0.25, -0.2) is 4.79 Å². The third kappa shape index (κ3) is 4.36. The van der Waals surface area contributed by atoms with Gasteiger partial charge in [0.1, 0.15) is 17.0 Å². The monoisotopic (exact) mass is 458 g/mol. The number of amides is 1. The first-order valence-corrected chi connectivity index (χ1v) is 12.3. The lowest BCUT2D eigenvalue weighted by Crippen LogP contribution is -2.52. The fourth-order valence-electron chi connectivity index (χ4n) is 5.25. The lowest BCUT2D eigenvalue weighted by molar-refractivity contribution is -0.0272. The Morgan fingerprint density at radius 3 is 2.56 bits per heavy atom. The van der Waals surface area contributed by atoms with Crippen LogP contribution >= 0.6 is 0 Å². The Hall–Kier alpha value is -3.08. The number of fused-ring (bicyclic) bond motifs is 2. The molecule has 5 rings (SSSR count). The lowest BCUT2D eigenvalue weighted by atomic mass is 9.82. The van der Waals surface area contributed by atoms with Crippen molar-refractivity contribution in [2.24, 2.45) is 0 Å². The van der Waals surface area contributed by atoms with Gasteiger partial charge in [-0.1, -0.05) is 12.1 Å². The molecule has 2 aromatic carbocycles. The zero-order valence-corrected chi connectivity index (χ0v) is 20.9. The molecule has 178 valence electrons. The van der Waals surface area contributed by atoms with Crippen LogP contribution in [0.3, 0.4) is 0 Å². The van der Waals surface area contributed by atoms with Gasteiger partial charge in [0, 0.05) is 43.2 Å². The Morgan fingerprint density at radius 2 is 1.82 bits per heavy atom. The third-order valence-corrected chi connectivity index (χ3v) is 7.18. The molecule has 3 aromatic rings. The number of hydrogen-bond donors (Lipinski definition) is 0. The molecule has 2 aliphatic heterocycles. The Labute approximate surface area is 202 Å². The van der Waals surface area contributed by atoms with Crippen molar-refractivity contribution in [2.75, 3.05) is 13.1 Å². The first-order valence-electron chi connectivity index (χ1n) is 12.3. The number of rotatable bonds is 1. The van der Waals surface area contributed by atoms with E-state index in [0.717, 1.165) is 37.1 Å². The molecule has 1 amide bonds. The molecule has 5 nitrogen and oxygen atoms in total. The van der Waals surface area contributed by atoms with E-state index in [9.17, 15) is 4.79 Å². The summed E-state index contributed by atoms with van der Waals surface area (Å²) in [6.45, 7) is 11.3. The summed E-state index contributed by atoms with van der Waals surface area (Å²) in [6, 6.07) is 13.2. The maximum Gasteiger partial charge on any atom is 0.410 e. The predicted octanol–water partition coefficient (Wildman–Crippen LogP) is 6.61. The zero-order chi connectivity index (χ0) is 24.1. The van der Waals surface area contributed by atoms with E-state index in [1.165, 1.54) is 33.0 Å². The SMILES string of the molecule is Cc1cc2c(cc1-c1ccc3c(C)nccc3c1)CCC1(CCN(C(=O)OC(C)(C)C)CC1)O2. The molecule has 0 saturated carbocycles. The summed E-state index contributed by atoms with van der Waals surface area (Å²) in [4.78, 5) is 18.7. The van der Waals surface area contributed by atoms with Gasteiger partial charge in [-0.2, -0.15) is 0 Å². The Morgan fingerprint density at radius 1 is 1.06 bits per heavy atom. The highest BCUT2D eigenvalue weighted by Gasteiger charge is 2.41. The first kappa shape index (κ1) is 22.7. The molecule has 0 atom stereocenters. The van der Waals surface area contributed by atoms with Crippen LogP contribution in [-0.2, 0) is 11.2 Å². The van der Waals surface area contributed by atoms with E-state index in [2.05, 4.69) is 55.2 Å². The number of hydrogen-bond acceptors (Lipinski definition) is 4. The molecular weight excluding hydrogens is 424 g/mol. The topological polar surface area (TPSA) is 51.7 Å². The van der Waals surface area contributed by atoms with E-state index < -0.39 is 5.60 Å². The summed E-state index contributed by atoms with van der Waals surface area (Å²) in [5.74, 6) is 0.999. The molecule has 1 fully saturated rings. The quantitative estimate of drug-likeness (QED) is 0.411. The van der Waals surface area contributed by atoms with Crippen LogP contribution in [0.15, 0.2) is 42.6 Å². The van der Waals surface area contributed by atoms with Crippen LogP contribution in [0.2, 0.25) is 0 Å². The number of aromatic nitrogens is 1. The van der Waals surface area contributed by atoms with Crippen LogP contribution in [0.4, 0.5) is 4.79 Å². The van der Waals surface area contributed by atoms with Gasteiger partial charge in [0.2, 0.25) is 0 Å². The number of benzene rings is 2. The van der Waals surface area contributed by atoms with Gasteiger partial charge < -0.3 is 14.4 Å². The zero-order valence-electron chi connectivity index (χ0n) is 20.9. The fraction of sp³-hybridized carbons (Fsp3) is 0.448. The summed E-state index contributed by atoms with van der Waals surface area (Å²) < 4.78 is 12.2. The highest BCUT2D eigenvalue weighted by Crippen LogP contribution is 2.42. The molecule has 0 bridgehead atoms. The molecule has 3 heterocycles. The number of piperidine rings is 1. The normalized spacial score (nSPS) is 17.4. The van der Waals surface area contributed by atoms with Crippen molar-refractivity contribution in [1.82, 2.24) is 9.88 Å². The van der Waals surface area contributed by atoms with Gasteiger partial charge in [0.15, 0.2) is 0 Å². The van der Waals surface area contributed by atoms with Gasteiger partial charge in [-0.15, -0.1) is 0 Å². The largest absolute Gasteiger partial charge is 0.487 e. The summed E-state index contributed by atoms with van der Waals surface area (Å²) >= 11 is 0. The van der Waals surface area contributed by atoms with Crippen molar-refractivity contribution in [3.63, 3.8) is 0 Å². The van der Waals surface area contributed by atoms with E-state index >= 15 is 0 Å². The molecule has 34 heavy (non-hydrogen) atoms. The molecule has 0 radical (unpaired) electrons. The van der Waals surface area contributed by atoms with Crippen LogP contribution in [0.1, 0.15) is 56.9 Å². The maximum atomic E-state index is 12.5. The van der Waals surface area contributed by atoms with E-state index in [1.807, 2.05) is 31.9 Å². The Bertz CT molecular complexity index is 1250. The Balaban J connectivity index is 1.34. The second-order valence-electron chi connectivity index (χ2n) is 10.9. The number of nitrogens with zero attached hydrogens (tertiary/aromatic N) is 2. The standard InChI is InChI=1S/C29H34N2O3/c1-19-16-26-23(18-25(19)21-6-7-24-20(2)30-13-9-22(24)17-21)8-10-29(33-26)11-14-31(15-12-29)27(32)34-28(3,4)5/h6-7,9,13,16-18H,8,10-12,14-15H2,1-5H3. The number of carbonyl (C=O) groups is 1. The molecule has 0 N–H and O–H groups in total. The molecule has 0 aliphatic carbocycles. The van der Waals surface area contributed by atoms with Crippen LogP contribution in [0.5, 0.6) is 5.75 Å². The maximum absolute atomic E-state index is 12.5. The van der Waals surface area contributed by atoms with Crippen LogP contribution in [0, 0.1) is 13.8 Å². The van der Waals surface area contributed by atoms with Crippen molar-refractivity contribution < 1.29 is 14.3 Å². The van der Waals surface area contributed by atoms with Crippen LogP contribution in [-0.4, -0.2) is 40.3 Å². The van der Waals surface area contributed by atoms with E-state index in [-0.39, 0.29) is 11.7 Å². The third-order valence-electron chi connectivity index (χ3n) is 7.18. The van der Waals surface area contributed by atoms with Crippen molar-refractivity contribution in [2.45, 2.75) is 71.5 Å². The molecule has 0 unspecified atom stereocenters. The number of likely N-dealkylation sites (tertiary alicyclic amines) is 1. The number of aryl methyl sites for hydroxylation is 3. The minimum Gasteiger partial charge on any atom is -0.487 e. The van der Waals surface area contributed by atoms with Crippen molar-refractivity contribution in [3.8, 4) is 16.9 Å². The lowest BCUT2D eigenvalue weighted by Gasteiger charge is -2.44. The Kier molecular flexibility index (Phi) is 5.54. The van der Waals surface area contributed by atoms with Gasteiger partial charge in [-0.3, -0.25) is 4.98 Å². The average molecular weight is 459 g/mol. The fourth-order valence-corrected chi connectivity index (χ4v) is 5.25. The minimum absolute atomic E-state index is 0.188. The van der Waals surface area contributed by atoms with Gasteiger partial charge >= 0.3 is 6.09 Å². The van der Waals surface area contributed by atoms with Crippen molar-refractivity contribution in [3.05, 3.63) is 59.4 Å². The first-order chi connectivity index (χ1) is 16.1. The second-order valence-corrected chi connectivity index (χ2v) is 10.9. The number of ether oxygens (including phenoxy) is 2. The van der Waals surface area contributed by atoms with Crippen molar-refractivity contribution >= 4 is 16.9 Å². The highest BCUT2D eigenvalue weighted by molar-refractivity contribution is 5.89.